The highest BCUT2D eigenvalue weighted by atomic mass is 32.2. The van der Waals surface area contributed by atoms with Crippen molar-refractivity contribution in [3.63, 3.8) is 0 Å². The number of hydrogen-bond acceptors (Lipinski definition) is 3. The van der Waals surface area contributed by atoms with Gasteiger partial charge >= 0.3 is 0 Å². The average molecular weight is 149 g/mol. The van der Waals surface area contributed by atoms with Crippen LogP contribution in [0.1, 0.15) is 12.8 Å². The molecule has 0 amide bonds. The van der Waals surface area contributed by atoms with Crippen LogP contribution in [0.2, 0.25) is 0 Å². The first-order valence-corrected chi connectivity index (χ1v) is 4.46. The minimum atomic E-state index is 1.10. The number of hydrogen-bond donors (Lipinski definition) is 1. The molecule has 1 heterocycles. The molecule has 0 aliphatic carbocycles. The maximum atomic E-state index is 4.24. The van der Waals surface area contributed by atoms with Gasteiger partial charge in [0, 0.05) is 6.54 Å². The van der Waals surface area contributed by atoms with Gasteiger partial charge in [0.2, 0.25) is 0 Å². The lowest BCUT2D eigenvalue weighted by molar-refractivity contribution is 0.540. The number of rotatable bonds is 0. The summed E-state index contributed by atoms with van der Waals surface area (Å²) in [6.07, 6.45) is 2.68. The summed E-state index contributed by atoms with van der Waals surface area (Å²) in [6.45, 7) is 1.16. The average Bonchev–Trinajstić information content (AvgIpc) is 1.94. The van der Waals surface area contributed by atoms with Crippen molar-refractivity contribution in [2.75, 3.05) is 18.2 Å². The molecule has 1 fully saturated rings. The first kappa shape index (κ1) is 6.78. The second kappa shape index (κ2) is 3.64. The van der Waals surface area contributed by atoms with Gasteiger partial charge in [0.05, 0.1) is 5.88 Å². The molecule has 0 aromatic rings. The molecular weight excluding hydrogens is 138 g/mol. The van der Waals surface area contributed by atoms with Crippen LogP contribution in [0, 0.1) is 0 Å². The van der Waals surface area contributed by atoms with Gasteiger partial charge in [0.15, 0.2) is 0 Å². The van der Waals surface area contributed by atoms with Crippen LogP contribution in [0.4, 0.5) is 0 Å². The van der Waals surface area contributed by atoms with E-state index in [1.54, 1.807) is 0 Å². The summed E-state index contributed by atoms with van der Waals surface area (Å²) < 4.78 is 2.08. The van der Waals surface area contributed by atoms with E-state index < -0.39 is 0 Å². The monoisotopic (exact) mass is 149 g/mol. The molecule has 0 saturated carbocycles. The second-order valence-electron chi connectivity index (χ2n) is 1.97. The Balaban J connectivity index is 2.17. The molecule has 1 rings (SSSR count). The summed E-state index contributed by atoms with van der Waals surface area (Å²) in [6, 6.07) is 0. The molecule has 3 heteroatoms. The highest BCUT2D eigenvalue weighted by Crippen LogP contribution is 2.14. The normalized spacial score (nSPS) is 25.1. The quantitative estimate of drug-likeness (QED) is 0.521. The van der Waals surface area contributed by atoms with E-state index in [2.05, 4.69) is 17.1 Å². The van der Waals surface area contributed by atoms with E-state index >= 15 is 0 Å². The zero-order valence-corrected chi connectivity index (χ0v) is 6.55. The summed E-state index contributed by atoms with van der Waals surface area (Å²) in [5, 5.41) is 0. The van der Waals surface area contributed by atoms with Gasteiger partial charge in [-0.05, 0) is 18.6 Å². The zero-order chi connectivity index (χ0) is 5.82. The molecule has 1 aliphatic rings. The lowest BCUT2D eigenvalue weighted by Crippen LogP contribution is -2.09. The fourth-order valence-corrected chi connectivity index (χ4v) is 2.00. The van der Waals surface area contributed by atoms with Crippen LogP contribution < -0.4 is 0 Å². The minimum Gasteiger partial charge on any atom is -0.243 e. The largest absolute Gasteiger partial charge is 0.243 e. The molecule has 8 heavy (non-hydrogen) atoms. The Morgan fingerprint density at radius 3 is 3.12 bits per heavy atom. The molecule has 1 saturated heterocycles. The van der Waals surface area contributed by atoms with Gasteiger partial charge < -0.3 is 0 Å². The lowest BCUT2D eigenvalue weighted by Gasteiger charge is -2.08. The van der Waals surface area contributed by atoms with Crippen molar-refractivity contribution in [3.05, 3.63) is 0 Å². The maximum absolute atomic E-state index is 4.24. The third-order valence-corrected chi connectivity index (χ3v) is 2.80. The van der Waals surface area contributed by atoms with Gasteiger partial charge in [-0.3, -0.25) is 0 Å². The Labute approximate surface area is 60.4 Å². The maximum Gasteiger partial charge on any atom is 0.0544 e. The fraction of sp³-hybridized carbons (Fsp3) is 1.00. The van der Waals surface area contributed by atoms with Gasteiger partial charge in [0.1, 0.15) is 0 Å². The van der Waals surface area contributed by atoms with Crippen LogP contribution in [0.3, 0.4) is 0 Å². The first-order valence-electron chi connectivity index (χ1n) is 2.91. The van der Waals surface area contributed by atoms with Crippen molar-refractivity contribution in [3.8, 4) is 0 Å². The zero-order valence-electron chi connectivity index (χ0n) is 4.84. The van der Waals surface area contributed by atoms with E-state index in [0.29, 0.717) is 0 Å². The molecule has 0 spiro atoms. The Morgan fingerprint density at radius 1 is 1.38 bits per heavy atom. The molecule has 1 nitrogen and oxygen atoms in total. The molecule has 1 aliphatic heterocycles. The van der Waals surface area contributed by atoms with E-state index in [1.165, 1.54) is 18.6 Å². The van der Waals surface area contributed by atoms with Gasteiger partial charge in [-0.25, -0.2) is 4.31 Å². The van der Waals surface area contributed by atoms with Crippen molar-refractivity contribution in [1.29, 1.82) is 0 Å². The number of thioether (sulfide) groups is 1. The van der Waals surface area contributed by atoms with E-state index in [4.69, 9.17) is 0 Å². The Hall–Kier alpha value is 0.660. The SMILES string of the molecule is SN1CCCCSC1. The number of nitrogens with zero attached hydrogens (tertiary/aromatic N) is 1. The molecule has 0 unspecified atom stereocenters. The van der Waals surface area contributed by atoms with E-state index in [-0.39, 0.29) is 0 Å². The second-order valence-corrected chi connectivity index (χ2v) is 3.61. The first-order chi connectivity index (χ1) is 3.89. The summed E-state index contributed by atoms with van der Waals surface area (Å²) in [7, 11) is 0. The Morgan fingerprint density at radius 2 is 2.25 bits per heavy atom. The van der Waals surface area contributed by atoms with Crippen molar-refractivity contribution >= 4 is 24.6 Å². The highest BCUT2D eigenvalue weighted by molar-refractivity contribution is 7.99. The highest BCUT2D eigenvalue weighted by Gasteiger charge is 2.02. The Kier molecular flexibility index (Phi) is 3.08. The predicted octanol–water partition coefficient (Wildman–Crippen LogP) is 1.62. The molecule has 0 aromatic heterocycles. The summed E-state index contributed by atoms with van der Waals surface area (Å²) in [4.78, 5) is 0. The van der Waals surface area contributed by atoms with Crippen LogP contribution in [0.5, 0.6) is 0 Å². The van der Waals surface area contributed by atoms with Crippen molar-refractivity contribution < 1.29 is 0 Å². The van der Waals surface area contributed by atoms with Gasteiger partial charge in [-0.1, -0.05) is 12.8 Å². The van der Waals surface area contributed by atoms with Crippen LogP contribution >= 0.6 is 24.6 Å². The van der Waals surface area contributed by atoms with E-state index in [9.17, 15) is 0 Å². The summed E-state index contributed by atoms with van der Waals surface area (Å²) in [5.41, 5.74) is 0. The van der Waals surface area contributed by atoms with Crippen molar-refractivity contribution in [2.24, 2.45) is 0 Å². The van der Waals surface area contributed by atoms with Crippen molar-refractivity contribution in [2.45, 2.75) is 12.8 Å². The van der Waals surface area contributed by atoms with Crippen LogP contribution in [-0.2, 0) is 0 Å². The summed E-state index contributed by atoms with van der Waals surface area (Å²) in [5.74, 6) is 2.42. The molecule has 0 N–H and O–H groups in total. The molecule has 48 valence electrons. The topological polar surface area (TPSA) is 3.24 Å². The van der Waals surface area contributed by atoms with E-state index in [1.807, 2.05) is 11.8 Å². The number of thiol groups is 1. The lowest BCUT2D eigenvalue weighted by atomic mass is 10.3. The molecular formula is C5H11NS2. The van der Waals surface area contributed by atoms with Gasteiger partial charge in [-0.2, -0.15) is 0 Å². The molecule has 0 aromatic carbocycles. The fourth-order valence-electron chi connectivity index (χ4n) is 0.733. The molecule has 0 radical (unpaired) electrons. The van der Waals surface area contributed by atoms with Gasteiger partial charge in [-0.15, -0.1) is 11.8 Å². The third-order valence-electron chi connectivity index (χ3n) is 1.20. The van der Waals surface area contributed by atoms with Crippen molar-refractivity contribution in [1.82, 2.24) is 4.31 Å². The van der Waals surface area contributed by atoms with Crippen LogP contribution in [-0.4, -0.2) is 22.5 Å². The van der Waals surface area contributed by atoms with Gasteiger partial charge in [0.25, 0.3) is 0 Å². The third kappa shape index (κ3) is 2.29. The molecule has 0 bridgehead atoms. The summed E-state index contributed by atoms with van der Waals surface area (Å²) >= 11 is 6.22. The Bertz CT molecular complexity index is 59.4. The van der Waals surface area contributed by atoms with Crippen LogP contribution in [0.25, 0.3) is 0 Å². The van der Waals surface area contributed by atoms with E-state index in [0.717, 1.165) is 12.4 Å². The smallest absolute Gasteiger partial charge is 0.0544 e. The predicted molar refractivity (Wildman–Crippen MR) is 42.3 cm³/mol. The standard InChI is InChI=1S/C5H11NS2/c7-6-3-1-2-4-8-5-6/h7H,1-5H2. The van der Waals surface area contributed by atoms with Crippen LogP contribution in [0.15, 0.2) is 0 Å². The molecule has 0 atom stereocenters. The minimum absolute atomic E-state index is 1.10.